The van der Waals surface area contributed by atoms with Crippen molar-refractivity contribution in [2.45, 2.75) is 6.92 Å². The molecule has 0 N–H and O–H groups in total. The van der Waals surface area contributed by atoms with Crippen LogP contribution in [0.1, 0.15) is 6.92 Å². The van der Waals surface area contributed by atoms with Gasteiger partial charge in [0.25, 0.3) is 0 Å². The molecule has 0 aromatic carbocycles. The normalized spacial score (nSPS) is 8.78. The number of carbonyl (C=O) groups is 3. The van der Waals surface area contributed by atoms with E-state index in [-0.39, 0.29) is 18.8 Å². The first kappa shape index (κ1) is 15.5. The van der Waals surface area contributed by atoms with E-state index in [2.05, 4.69) is 25.6 Å². The van der Waals surface area contributed by atoms with Gasteiger partial charge in [0.05, 0.1) is 7.11 Å². The van der Waals surface area contributed by atoms with E-state index >= 15 is 0 Å². The molecule has 0 rings (SSSR count). The average molecular weight is 256 g/mol. The van der Waals surface area contributed by atoms with Crippen LogP contribution in [0.5, 0.6) is 0 Å². The van der Waals surface area contributed by atoms with Crippen LogP contribution in [-0.2, 0) is 28.6 Å². The summed E-state index contributed by atoms with van der Waals surface area (Å²) in [6, 6.07) is 0. The van der Waals surface area contributed by atoms with Crippen molar-refractivity contribution in [3.63, 3.8) is 0 Å². The van der Waals surface area contributed by atoms with Crippen molar-refractivity contribution in [2.75, 3.05) is 20.3 Å². The first-order valence-corrected chi connectivity index (χ1v) is 4.74. The molecule has 0 unspecified atom stereocenters. The molecule has 0 fully saturated rings. The molecule has 0 saturated carbocycles. The van der Waals surface area contributed by atoms with E-state index in [4.69, 9.17) is 5.53 Å². The molecule has 0 aliphatic rings. The zero-order chi connectivity index (χ0) is 14.1. The Morgan fingerprint density at radius 1 is 1.11 bits per heavy atom. The second kappa shape index (κ2) is 7.75. The molecule has 0 atom stereocenters. The second-order valence-electron chi connectivity index (χ2n) is 2.99. The smallest absolute Gasteiger partial charge is 0.460 e. The molecule has 0 heterocycles. The maximum Gasteiger partial charge on any atom is 0.482 e. The highest BCUT2D eigenvalue weighted by Gasteiger charge is 2.32. The van der Waals surface area contributed by atoms with Gasteiger partial charge in [-0.25, -0.2) is 14.4 Å². The lowest BCUT2D eigenvalue weighted by Crippen LogP contribution is -2.29. The van der Waals surface area contributed by atoms with E-state index in [0.29, 0.717) is 0 Å². The lowest BCUT2D eigenvalue weighted by molar-refractivity contribution is -0.151. The highest BCUT2D eigenvalue weighted by atomic mass is 16.6. The Morgan fingerprint density at radius 3 is 2.00 bits per heavy atom. The molecule has 0 spiro atoms. The summed E-state index contributed by atoms with van der Waals surface area (Å²) in [5.74, 6) is -2.95. The fourth-order valence-electron chi connectivity index (χ4n) is 0.722. The van der Waals surface area contributed by atoms with Crippen molar-refractivity contribution in [3.8, 4) is 0 Å². The van der Waals surface area contributed by atoms with Crippen LogP contribution in [-0.4, -0.2) is 48.7 Å². The van der Waals surface area contributed by atoms with E-state index in [1.54, 1.807) is 0 Å². The van der Waals surface area contributed by atoms with Crippen molar-refractivity contribution in [3.05, 3.63) is 17.7 Å². The van der Waals surface area contributed by atoms with Crippen LogP contribution in [0.4, 0.5) is 0 Å². The van der Waals surface area contributed by atoms with Crippen LogP contribution in [0.25, 0.3) is 5.53 Å². The van der Waals surface area contributed by atoms with Gasteiger partial charge < -0.3 is 19.7 Å². The van der Waals surface area contributed by atoms with Gasteiger partial charge in [0.15, 0.2) is 0 Å². The maximum absolute atomic E-state index is 11.2. The molecule has 18 heavy (non-hydrogen) atoms. The highest BCUT2D eigenvalue weighted by Crippen LogP contribution is 1.92. The summed E-state index contributed by atoms with van der Waals surface area (Å²) < 4.78 is 13.3. The Morgan fingerprint density at radius 2 is 1.61 bits per heavy atom. The minimum Gasteiger partial charge on any atom is -0.460 e. The number of hydrogen-bond acceptors (Lipinski definition) is 6. The summed E-state index contributed by atoms with van der Waals surface area (Å²) in [5, 5.41) is 0. The van der Waals surface area contributed by atoms with Gasteiger partial charge in [-0.3, -0.25) is 0 Å². The van der Waals surface area contributed by atoms with Gasteiger partial charge in [-0.05, 0) is 6.92 Å². The molecule has 8 heteroatoms. The summed E-state index contributed by atoms with van der Waals surface area (Å²) in [7, 11) is 1.01. The lowest BCUT2D eigenvalue weighted by Gasteiger charge is -2.03. The largest absolute Gasteiger partial charge is 0.482 e. The topological polar surface area (TPSA) is 115 Å². The van der Waals surface area contributed by atoms with Gasteiger partial charge in [0.2, 0.25) is 0 Å². The third kappa shape index (κ3) is 5.04. The van der Waals surface area contributed by atoms with Crippen molar-refractivity contribution in [2.24, 2.45) is 0 Å². The quantitative estimate of drug-likeness (QED) is 0.0923. The number of carbonyl (C=O) groups excluding carboxylic acids is 3. The van der Waals surface area contributed by atoms with Gasteiger partial charge in [0, 0.05) is 5.57 Å². The van der Waals surface area contributed by atoms with E-state index in [1.165, 1.54) is 6.92 Å². The van der Waals surface area contributed by atoms with Crippen molar-refractivity contribution >= 4 is 23.6 Å². The predicted octanol–water partition coefficient (Wildman–Crippen LogP) is -0.507. The van der Waals surface area contributed by atoms with Gasteiger partial charge in [-0.1, -0.05) is 6.58 Å². The first-order valence-electron chi connectivity index (χ1n) is 4.74. The van der Waals surface area contributed by atoms with Crippen molar-refractivity contribution < 1.29 is 33.4 Å². The fourth-order valence-corrected chi connectivity index (χ4v) is 0.722. The minimum atomic E-state index is -1.18. The minimum absolute atomic E-state index is 0.202. The van der Waals surface area contributed by atoms with Gasteiger partial charge in [-0.2, -0.15) is 4.79 Å². The molecular formula is C10H12N2O6. The van der Waals surface area contributed by atoms with Crippen LogP contribution in [0.15, 0.2) is 12.2 Å². The number of ether oxygens (including phenoxy) is 3. The number of methoxy groups -OCH3 is 1. The number of hydrogen-bond donors (Lipinski definition) is 0. The predicted molar refractivity (Wildman–Crippen MR) is 57.4 cm³/mol. The summed E-state index contributed by atoms with van der Waals surface area (Å²) in [5.41, 5.74) is 7.71. The average Bonchev–Trinajstić information content (AvgIpc) is 2.34. The molecule has 0 aliphatic heterocycles. The first-order chi connectivity index (χ1) is 8.43. The monoisotopic (exact) mass is 256 g/mol. The molecule has 0 radical (unpaired) electrons. The van der Waals surface area contributed by atoms with Crippen molar-refractivity contribution in [1.82, 2.24) is 0 Å². The Bertz CT molecular complexity index is 422. The summed E-state index contributed by atoms with van der Waals surface area (Å²) in [4.78, 5) is 35.5. The summed E-state index contributed by atoms with van der Waals surface area (Å²) >= 11 is 0. The van der Waals surface area contributed by atoms with Crippen LogP contribution in [0.2, 0.25) is 0 Å². The molecular weight excluding hydrogens is 244 g/mol. The second-order valence-corrected chi connectivity index (χ2v) is 2.99. The number of esters is 3. The number of rotatable bonds is 6. The molecule has 8 nitrogen and oxygen atoms in total. The SMILES string of the molecule is C=C(C)C(=O)OCCOC(=O)C(=[N+]=[N-])C(=O)OC. The Kier molecular flexibility index (Phi) is 6.68. The highest BCUT2D eigenvalue weighted by molar-refractivity contribution is 6.60. The fraction of sp³-hybridized carbons (Fsp3) is 0.400. The van der Waals surface area contributed by atoms with Gasteiger partial charge in [0.1, 0.15) is 13.2 Å². The van der Waals surface area contributed by atoms with Crippen LogP contribution in [0, 0.1) is 0 Å². The van der Waals surface area contributed by atoms with E-state index < -0.39 is 23.6 Å². The zero-order valence-electron chi connectivity index (χ0n) is 9.97. The molecule has 0 aliphatic carbocycles. The molecule has 0 saturated heterocycles. The maximum atomic E-state index is 11.2. The van der Waals surface area contributed by atoms with Crippen LogP contribution < -0.4 is 0 Å². The molecule has 0 aromatic heterocycles. The van der Waals surface area contributed by atoms with Gasteiger partial charge in [-0.15, -0.1) is 0 Å². The Hall–Kier alpha value is -2.47. The van der Waals surface area contributed by atoms with E-state index in [9.17, 15) is 14.4 Å². The third-order valence-electron chi connectivity index (χ3n) is 1.57. The van der Waals surface area contributed by atoms with Gasteiger partial charge >= 0.3 is 23.6 Å². The number of nitrogens with zero attached hydrogens (tertiary/aromatic N) is 2. The van der Waals surface area contributed by atoms with E-state index in [1.807, 2.05) is 0 Å². The third-order valence-corrected chi connectivity index (χ3v) is 1.57. The molecule has 98 valence electrons. The molecule has 0 bridgehead atoms. The summed E-state index contributed by atoms with van der Waals surface area (Å²) in [6.45, 7) is 4.30. The lowest BCUT2D eigenvalue weighted by atomic mass is 10.4. The zero-order valence-corrected chi connectivity index (χ0v) is 9.97. The van der Waals surface area contributed by atoms with Crippen LogP contribution >= 0.6 is 0 Å². The van der Waals surface area contributed by atoms with Crippen molar-refractivity contribution in [1.29, 1.82) is 0 Å². The van der Waals surface area contributed by atoms with Crippen LogP contribution in [0.3, 0.4) is 0 Å². The Labute approximate surface area is 103 Å². The van der Waals surface area contributed by atoms with E-state index in [0.717, 1.165) is 7.11 Å². The summed E-state index contributed by atoms with van der Waals surface area (Å²) in [6.07, 6.45) is 0. The molecule has 0 aromatic rings. The Balaban J connectivity index is 4.12. The standard InChI is InChI=1S/C10H12N2O6/c1-6(2)8(13)17-4-5-18-10(15)7(12-11)9(14)16-3/h1,4-5H2,2-3H3. The molecule has 0 amide bonds.